The smallest absolute Gasteiger partial charge is 0.504 e. The Balaban J connectivity index is 3.06. The lowest BCUT2D eigenvalue weighted by Crippen LogP contribution is -2.03. The number of sulfone groups is 1. The quantitative estimate of drug-likeness (QED) is 0.642. The monoisotopic (exact) mass is 201 g/mol. The average Bonchev–Trinajstić information content (AvgIpc) is 2.04. The topological polar surface area (TPSA) is 76.5 Å². The van der Waals surface area contributed by atoms with Gasteiger partial charge in [0.05, 0.1) is 11.1 Å². The second-order valence-electron chi connectivity index (χ2n) is 2.40. The van der Waals surface area contributed by atoms with Crippen LogP contribution in [0.3, 0.4) is 0 Å². The molecule has 70 valence electrons. The van der Waals surface area contributed by atoms with E-state index in [9.17, 15) is 8.42 Å². The Labute approximate surface area is 76.6 Å². The summed E-state index contributed by atoms with van der Waals surface area (Å²) in [5, 5.41) is 8.41. The van der Waals surface area contributed by atoms with Gasteiger partial charge >= 0.3 is 7.69 Å². The van der Waals surface area contributed by atoms with Gasteiger partial charge in [0.2, 0.25) is 0 Å². The van der Waals surface area contributed by atoms with Crippen molar-refractivity contribution >= 4 is 17.5 Å². The van der Waals surface area contributed by atoms with E-state index in [1.54, 1.807) is 0 Å². The van der Waals surface area contributed by atoms with Crippen molar-refractivity contribution < 1.29 is 18.1 Å². The van der Waals surface area contributed by atoms with E-state index in [-0.39, 0.29) is 10.6 Å². The summed E-state index contributed by atoms with van der Waals surface area (Å²) in [6, 6.07) is 1.30. The molecule has 0 aliphatic rings. The molecule has 0 aromatic carbocycles. The minimum Gasteiger partial charge on any atom is -0.538 e. The van der Waals surface area contributed by atoms with Crippen LogP contribution in [0, 0.1) is 0 Å². The highest BCUT2D eigenvalue weighted by molar-refractivity contribution is 7.90. The molecule has 0 bridgehead atoms. The summed E-state index contributed by atoms with van der Waals surface area (Å²) in [6.45, 7) is 0. The van der Waals surface area contributed by atoms with Crippen molar-refractivity contribution in [2.75, 3.05) is 6.26 Å². The van der Waals surface area contributed by atoms with E-state index in [0.29, 0.717) is 0 Å². The van der Waals surface area contributed by atoms with Gasteiger partial charge in [0.25, 0.3) is 0 Å². The van der Waals surface area contributed by atoms with Gasteiger partial charge in [0.15, 0.2) is 9.84 Å². The van der Waals surface area contributed by atoms with Crippen LogP contribution in [0.15, 0.2) is 23.4 Å². The molecule has 1 rings (SSSR count). The first-order chi connectivity index (χ1) is 6.04. The lowest BCUT2D eigenvalue weighted by molar-refractivity contribution is 0.451. The fraction of sp³-hybridized carbons (Fsp3) is 0.167. The molecule has 0 spiro atoms. The molecule has 0 unspecified atom stereocenters. The van der Waals surface area contributed by atoms with Gasteiger partial charge in [-0.15, -0.1) is 0 Å². The van der Waals surface area contributed by atoms with Crippen molar-refractivity contribution in [3.63, 3.8) is 0 Å². The fourth-order valence-corrected chi connectivity index (χ4v) is 1.34. The lowest BCUT2D eigenvalue weighted by Gasteiger charge is -2.02. The molecule has 0 aliphatic carbocycles. The van der Waals surface area contributed by atoms with Crippen molar-refractivity contribution in [1.82, 2.24) is 4.98 Å². The number of rotatable bonds is 3. The molecule has 7 heteroatoms. The van der Waals surface area contributed by atoms with Crippen LogP contribution in [0.4, 0.5) is 0 Å². The SMILES string of the molecule is CS(=O)(=O)c1cncc(OBO)c1. The molecule has 1 heterocycles. The zero-order valence-electron chi connectivity index (χ0n) is 6.97. The van der Waals surface area contributed by atoms with Gasteiger partial charge in [0.1, 0.15) is 5.75 Å². The van der Waals surface area contributed by atoms with Crippen LogP contribution in [0.2, 0.25) is 0 Å². The largest absolute Gasteiger partial charge is 0.538 e. The first kappa shape index (κ1) is 10.0. The second-order valence-corrected chi connectivity index (χ2v) is 4.42. The highest BCUT2D eigenvalue weighted by Crippen LogP contribution is 2.14. The number of nitrogens with zero attached hydrogens (tertiary/aromatic N) is 1. The number of aromatic nitrogens is 1. The number of pyridine rings is 1. The van der Waals surface area contributed by atoms with Gasteiger partial charge in [-0.25, -0.2) is 8.42 Å². The fourth-order valence-electron chi connectivity index (χ4n) is 0.755. The Morgan fingerprint density at radius 3 is 2.77 bits per heavy atom. The molecule has 0 saturated carbocycles. The van der Waals surface area contributed by atoms with Crippen LogP contribution in [-0.2, 0) is 9.84 Å². The van der Waals surface area contributed by atoms with Crippen molar-refractivity contribution in [3.8, 4) is 5.75 Å². The minimum absolute atomic E-state index is 0.0680. The van der Waals surface area contributed by atoms with Crippen molar-refractivity contribution in [3.05, 3.63) is 18.5 Å². The molecular formula is C6H8BNO4S. The third kappa shape index (κ3) is 2.71. The van der Waals surface area contributed by atoms with Gasteiger partial charge in [-0.3, -0.25) is 4.98 Å². The normalized spacial score (nSPS) is 10.9. The van der Waals surface area contributed by atoms with Crippen LogP contribution >= 0.6 is 0 Å². The Morgan fingerprint density at radius 2 is 2.23 bits per heavy atom. The van der Waals surface area contributed by atoms with E-state index in [1.807, 2.05) is 0 Å². The van der Waals surface area contributed by atoms with Crippen LogP contribution in [0.5, 0.6) is 5.75 Å². The summed E-state index contributed by atoms with van der Waals surface area (Å²) in [6.07, 6.45) is 3.62. The summed E-state index contributed by atoms with van der Waals surface area (Å²) in [7, 11) is -3.77. The van der Waals surface area contributed by atoms with Crippen LogP contribution in [-0.4, -0.2) is 32.4 Å². The molecule has 5 nitrogen and oxygen atoms in total. The van der Waals surface area contributed by atoms with E-state index in [2.05, 4.69) is 9.64 Å². The highest BCUT2D eigenvalue weighted by Gasteiger charge is 2.08. The molecule has 0 saturated heterocycles. The summed E-state index contributed by atoms with van der Waals surface area (Å²) >= 11 is 0. The number of hydrogen-bond donors (Lipinski definition) is 1. The Bertz CT molecular complexity index is 391. The van der Waals surface area contributed by atoms with Gasteiger partial charge in [0, 0.05) is 18.5 Å². The highest BCUT2D eigenvalue weighted by atomic mass is 32.2. The molecule has 0 amide bonds. The average molecular weight is 201 g/mol. The van der Waals surface area contributed by atoms with Crippen LogP contribution in [0.1, 0.15) is 0 Å². The Hall–Kier alpha value is -1.08. The predicted octanol–water partition coefficient (Wildman–Crippen LogP) is -0.877. The third-order valence-electron chi connectivity index (χ3n) is 1.35. The van der Waals surface area contributed by atoms with Gasteiger partial charge < -0.3 is 9.68 Å². The number of hydrogen-bond acceptors (Lipinski definition) is 5. The molecule has 1 aromatic rings. The Morgan fingerprint density at radius 1 is 1.54 bits per heavy atom. The second kappa shape index (κ2) is 3.76. The summed E-state index contributed by atoms with van der Waals surface area (Å²) in [5.41, 5.74) is 0. The van der Waals surface area contributed by atoms with E-state index in [0.717, 1.165) is 6.26 Å². The van der Waals surface area contributed by atoms with Crippen molar-refractivity contribution in [2.45, 2.75) is 4.90 Å². The Kier molecular flexibility index (Phi) is 2.89. The maximum absolute atomic E-state index is 11.0. The predicted molar refractivity (Wildman–Crippen MR) is 47.3 cm³/mol. The van der Waals surface area contributed by atoms with Gasteiger partial charge in [-0.2, -0.15) is 0 Å². The zero-order chi connectivity index (χ0) is 9.90. The zero-order valence-corrected chi connectivity index (χ0v) is 7.78. The third-order valence-corrected chi connectivity index (χ3v) is 2.43. The van der Waals surface area contributed by atoms with Gasteiger partial charge in [-0.05, 0) is 0 Å². The van der Waals surface area contributed by atoms with Crippen molar-refractivity contribution in [1.29, 1.82) is 0 Å². The van der Waals surface area contributed by atoms with E-state index < -0.39 is 17.5 Å². The maximum Gasteiger partial charge on any atom is 0.504 e. The summed E-state index contributed by atoms with van der Waals surface area (Å²) in [4.78, 5) is 3.72. The molecule has 13 heavy (non-hydrogen) atoms. The van der Waals surface area contributed by atoms with Gasteiger partial charge in [-0.1, -0.05) is 0 Å². The maximum atomic E-state index is 11.0. The molecule has 1 aromatic heterocycles. The van der Waals surface area contributed by atoms with Crippen LogP contribution in [0.25, 0.3) is 0 Å². The summed E-state index contributed by atoms with van der Waals surface area (Å²) in [5.74, 6) is 0.227. The standard InChI is InChI=1S/C6H8BNO4S/c1-13(10,11)6-2-5(12-7-9)3-8-4-6/h2-4,7,9H,1H3. The lowest BCUT2D eigenvalue weighted by atomic mass is 10.4. The van der Waals surface area contributed by atoms with Crippen LogP contribution < -0.4 is 4.65 Å². The van der Waals surface area contributed by atoms with E-state index >= 15 is 0 Å². The molecule has 0 aliphatic heterocycles. The molecule has 0 atom stereocenters. The molecular weight excluding hydrogens is 193 g/mol. The molecule has 1 N–H and O–H groups in total. The van der Waals surface area contributed by atoms with E-state index in [4.69, 9.17) is 5.02 Å². The van der Waals surface area contributed by atoms with Crippen molar-refractivity contribution in [2.24, 2.45) is 0 Å². The molecule has 0 fully saturated rings. The first-order valence-electron chi connectivity index (χ1n) is 3.43. The van der Waals surface area contributed by atoms with E-state index in [1.165, 1.54) is 18.5 Å². The summed E-state index contributed by atoms with van der Waals surface area (Å²) < 4.78 is 26.7. The molecule has 0 radical (unpaired) electrons. The first-order valence-corrected chi connectivity index (χ1v) is 5.32. The minimum atomic E-state index is -3.27.